The van der Waals surface area contributed by atoms with Crippen LogP contribution in [0.1, 0.15) is 11.1 Å². The summed E-state index contributed by atoms with van der Waals surface area (Å²) in [5, 5.41) is 2.68. The molecule has 0 bridgehead atoms. The molecule has 2 atom stereocenters. The largest absolute Gasteiger partial charge is 0.260 e. The van der Waals surface area contributed by atoms with Gasteiger partial charge in [-0.05, 0) is 0 Å². The quantitative estimate of drug-likeness (QED) is 0.836. The van der Waals surface area contributed by atoms with Crippen LogP contribution in [0.25, 0.3) is 0 Å². The van der Waals surface area contributed by atoms with E-state index in [-0.39, 0.29) is 10.7 Å². The third-order valence-corrected chi connectivity index (χ3v) is 5.75. The van der Waals surface area contributed by atoms with Crippen molar-refractivity contribution in [3.05, 3.63) is 71.8 Å². The van der Waals surface area contributed by atoms with Crippen LogP contribution in [0.3, 0.4) is 0 Å². The second kappa shape index (κ2) is 5.11. The van der Waals surface area contributed by atoms with Crippen molar-refractivity contribution < 1.29 is 0 Å². The standard InChI is InChI=1S/C16H12N2S2/c1-3-7-11(8-4-1)13-17-15-16(19-13)18-14(20-15)12-9-5-2-6-10-12/h1-10,15-16H/t15-,16-/m1/s1. The number of hydrogen-bond acceptors (Lipinski definition) is 4. The normalized spacial score (nSPS) is 24.2. The van der Waals surface area contributed by atoms with Crippen molar-refractivity contribution in [2.45, 2.75) is 10.7 Å². The molecule has 4 heteroatoms. The van der Waals surface area contributed by atoms with Crippen LogP contribution in [0.2, 0.25) is 0 Å². The van der Waals surface area contributed by atoms with E-state index in [4.69, 9.17) is 9.98 Å². The number of benzene rings is 2. The Hall–Kier alpha value is -1.52. The molecular formula is C16H12N2S2. The zero-order chi connectivity index (χ0) is 13.4. The van der Waals surface area contributed by atoms with E-state index in [2.05, 4.69) is 48.5 Å². The highest BCUT2D eigenvalue weighted by Gasteiger charge is 2.37. The highest BCUT2D eigenvalue weighted by Crippen LogP contribution is 2.43. The van der Waals surface area contributed by atoms with E-state index in [1.54, 1.807) is 23.5 Å². The maximum atomic E-state index is 4.82. The summed E-state index contributed by atoms with van der Waals surface area (Å²) in [5.41, 5.74) is 2.40. The van der Waals surface area contributed by atoms with Gasteiger partial charge in [-0.3, -0.25) is 9.98 Å². The molecule has 2 aromatic carbocycles. The number of aliphatic imine (C=N–C) groups is 2. The van der Waals surface area contributed by atoms with Crippen molar-refractivity contribution in [1.82, 2.24) is 0 Å². The van der Waals surface area contributed by atoms with Crippen LogP contribution >= 0.6 is 23.5 Å². The van der Waals surface area contributed by atoms with E-state index >= 15 is 0 Å². The molecular weight excluding hydrogens is 284 g/mol. The monoisotopic (exact) mass is 296 g/mol. The first-order valence-corrected chi connectivity index (χ1v) is 8.26. The van der Waals surface area contributed by atoms with Crippen LogP contribution < -0.4 is 0 Å². The minimum atomic E-state index is 0.227. The topological polar surface area (TPSA) is 24.7 Å². The van der Waals surface area contributed by atoms with Crippen LogP contribution in [0.15, 0.2) is 70.6 Å². The Morgan fingerprint density at radius 3 is 1.40 bits per heavy atom. The van der Waals surface area contributed by atoms with Crippen molar-refractivity contribution in [1.29, 1.82) is 0 Å². The van der Waals surface area contributed by atoms with E-state index in [1.807, 2.05) is 12.1 Å². The van der Waals surface area contributed by atoms with Gasteiger partial charge in [0.05, 0.1) is 0 Å². The van der Waals surface area contributed by atoms with Crippen LogP contribution in [-0.4, -0.2) is 20.8 Å². The highest BCUT2D eigenvalue weighted by atomic mass is 32.2. The van der Waals surface area contributed by atoms with Gasteiger partial charge in [-0.2, -0.15) is 0 Å². The molecule has 20 heavy (non-hydrogen) atoms. The lowest BCUT2D eigenvalue weighted by Gasteiger charge is -2.02. The minimum absolute atomic E-state index is 0.227. The zero-order valence-electron chi connectivity index (χ0n) is 10.6. The fraction of sp³-hybridized carbons (Fsp3) is 0.125. The third-order valence-electron chi connectivity index (χ3n) is 3.24. The van der Waals surface area contributed by atoms with Crippen LogP contribution in [0.4, 0.5) is 0 Å². The second-order valence-corrected chi connectivity index (χ2v) is 6.83. The Balaban J connectivity index is 1.56. The summed E-state index contributed by atoms with van der Waals surface area (Å²) in [6.07, 6.45) is 0. The van der Waals surface area contributed by atoms with E-state index in [9.17, 15) is 0 Å². The van der Waals surface area contributed by atoms with Gasteiger partial charge in [-0.25, -0.2) is 0 Å². The fourth-order valence-electron chi connectivity index (χ4n) is 2.26. The average Bonchev–Trinajstić information content (AvgIpc) is 3.08. The van der Waals surface area contributed by atoms with Gasteiger partial charge in [0.2, 0.25) is 0 Å². The summed E-state index contributed by atoms with van der Waals surface area (Å²) in [6.45, 7) is 0. The van der Waals surface area contributed by atoms with E-state index < -0.39 is 0 Å². The molecule has 0 saturated heterocycles. The number of hydrogen-bond donors (Lipinski definition) is 0. The Labute approximate surface area is 126 Å². The summed E-state index contributed by atoms with van der Waals surface area (Å²) in [7, 11) is 0. The molecule has 4 rings (SSSR count). The summed E-state index contributed by atoms with van der Waals surface area (Å²) in [4.78, 5) is 9.65. The number of nitrogens with zero attached hydrogens (tertiary/aromatic N) is 2. The molecule has 0 unspecified atom stereocenters. The fourth-order valence-corrected chi connectivity index (χ4v) is 4.75. The van der Waals surface area contributed by atoms with Crippen molar-refractivity contribution >= 4 is 33.6 Å². The van der Waals surface area contributed by atoms with Gasteiger partial charge in [0.25, 0.3) is 0 Å². The van der Waals surface area contributed by atoms with Gasteiger partial charge < -0.3 is 0 Å². The zero-order valence-corrected chi connectivity index (χ0v) is 12.3. The molecule has 2 heterocycles. The molecule has 0 saturated carbocycles. The van der Waals surface area contributed by atoms with Gasteiger partial charge in [0, 0.05) is 11.1 Å². The number of fused-ring (bicyclic) bond motifs is 1. The molecule has 0 amide bonds. The molecule has 0 radical (unpaired) electrons. The Morgan fingerprint density at radius 2 is 1.00 bits per heavy atom. The predicted molar refractivity (Wildman–Crippen MR) is 88.7 cm³/mol. The Morgan fingerprint density at radius 1 is 0.600 bits per heavy atom. The predicted octanol–water partition coefficient (Wildman–Crippen LogP) is 4.03. The molecule has 0 spiro atoms. The van der Waals surface area contributed by atoms with Crippen LogP contribution in [0.5, 0.6) is 0 Å². The van der Waals surface area contributed by atoms with Crippen molar-refractivity contribution in [2.24, 2.45) is 9.98 Å². The average molecular weight is 296 g/mol. The smallest absolute Gasteiger partial charge is 0.134 e. The van der Waals surface area contributed by atoms with Gasteiger partial charge in [-0.15, -0.1) is 0 Å². The maximum Gasteiger partial charge on any atom is 0.134 e. The summed E-state index contributed by atoms with van der Waals surface area (Å²) >= 11 is 3.55. The first-order valence-electron chi connectivity index (χ1n) is 6.50. The second-order valence-electron chi connectivity index (χ2n) is 4.62. The SMILES string of the molecule is c1ccc(C2=N[C@@H]3SC(c4ccccc4)=N[C@@H]3S2)cc1. The van der Waals surface area contributed by atoms with Gasteiger partial charge in [-0.1, -0.05) is 84.2 Å². The molecule has 0 aliphatic carbocycles. The maximum absolute atomic E-state index is 4.82. The first-order chi connectivity index (χ1) is 9.90. The summed E-state index contributed by atoms with van der Waals surface area (Å²) in [6, 6.07) is 20.7. The molecule has 0 fully saturated rings. The van der Waals surface area contributed by atoms with E-state index in [1.165, 1.54) is 11.1 Å². The lowest BCUT2D eigenvalue weighted by Crippen LogP contribution is -2.03. The summed E-state index contributed by atoms with van der Waals surface area (Å²) in [5.74, 6) is 0. The van der Waals surface area contributed by atoms with E-state index in [0.29, 0.717) is 0 Å². The molecule has 0 aromatic heterocycles. The van der Waals surface area contributed by atoms with Crippen LogP contribution in [-0.2, 0) is 0 Å². The number of rotatable bonds is 2. The van der Waals surface area contributed by atoms with Gasteiger partial charge >= 0.3 is 0 Å². The Kier molecular flexibility index (Phi) is 3.13. The molecule has 2 nitrogen and oxygen atoms in total. The molecule has 0 N–H and O–H groups in total. The van der Waals surface area contributed by atoms with Crippen LogP contribution in [0, 0.1) is 0 Å². The lowest BCUT2D eigenvalue weighted by molar-refractivity contribution is 0.898. The van der Waals surface area contributed by atoms with Gasteiger partial charge in [0.15, 0.2) is 0 Å². The molecule has 98 valence electrons. The van der Waals surface area contributed by atoms with E-state index in [0.717, 1.165) is 10.1 Å². The third kappa shape index (κ3) is 2.19. The Bertz CT molecular complexity index is 619. The molecule has 2 aliphatic rings. The summed E-state index contributed by atoms with van der Waals surface area (Å²) < 4.78 is 0. The lowest BCUT2D eigenvalue weighted by atomic mass is 10.2. The number of thioether (sulfide) groups is 2. The first kappa shape index (κ1) is 12.2. The molecule has 2 aromatic rings. The minimum Gasteiger partial charge on any atom is -0.260 e. The highest BCUT2D eigenvalue weighted by molar-refractivity contribution is 8.20. The van der Waals surface area contributed by atoms with Crippen molar-refractivity contribution in [2.75, 3.05) is 0 Å². The van der Waals surface area contributed by atoms with Crippen molar-refractivity contribution in [3.8, 4) is 0 Å². The van der Waals surface area contributed by atoms with Gasteiger partial charge in [0.1, 0.15) is 20.8 Å². The molecule has 2 aliphatic heterocycles. The van der Waals surface area contributed by atoms with Crippen molar-refractivity contribution in [3.63, 3.8) is 0 Å².